The number of para-hydroxylation sites is 3. The van der Waals surface area contributed by atoms with Crippen LogP contribution in [0.25, 0.3) is 128 Å². The van der Waals surface area contributed by atoms with Gasteiger partial charge in [-0.05, 0) is 76.9 Å². The van der Waals surface area contributed by atoms with Crippen LogP contribution in [0, 0.1) is 0 Å². The van der Waals surface area contributed by atoms with Gasteiger partial charge in [0.1, 0.15) is 16.7 Å². The molecule has 0 fully saturated rings. The number of fused-ring (bicyclic) bond motifs is 9. The van der Waals surface area contributed by atoms with Gasteiger partial charge in [-0.3, -0.25) is 0 Å². The Morgan fingerprint density at radius 1 is 0.317 bits per heavy atom. The lowest BCUT2D eigenvalue weighted by molar-refractivity contribution is 0.666. The fourth-order valence-corrected chi connectivity index (χ4v) is 9.33. The fraction of sp³-hybridized carbons (Fsp3) is 0. The minimum atomic E-state index is 0.550. The highest BCUT2D eigenvalue weighted by atomic mass is 16.3. The molecule has 0 amide bonds. The Labute approximate surface area is 361 Å². The highest BCUT2D eigenvalue weighted by Gasteiger charge is 2.20. The van der Waals surface area contributed by atoms with Crippen molar-refractivity contribution in [2.75, 3.05) is 0 Å². The first-order valence-electron chi connectivity index (χ1n) is 21.1. The largest absolute Gasteiger partial charge is 0.456 e. The second-order valence-corrected chi connectivity index (χ2v) is 15.9. The maximum atomic E-state index is 6.84. The third-order valence-corrected chi connectivity index (χ3v) is 12.3. The minimum absolute atomic E-state index is 0.550. The molecule has 9 aromatic carbocycles. The van der Waals surface area contributed by atoms with Crippen LogP contribution in [0.1, 0.15) is 0 Å². The highest BCUT2D eigenvalue weighted by molar-refractivity contribution is 6.14. The molecule has 63 heavy (non-hydrogen) atoms. The molecule has 0 unspecified atom stereocenters. The normalized spacial score (nSPS) is 11.8. The lowest BCUT2D eigenvalue weighted by Gasteiger charge is -2.09. The lowest BCUT2D eigenvalue weighted by atomic mass is 9.96. The number of benzene rings is 9. The molecule has 13 rings (SSSR count). The molecular weight excluding hydrogens is 773 g/mol. The summed E-state index contributed by atoms with van der Waals surface area (Å²) < 4.78 is 15.7. The van der Waals surface area contributed by atoms with Crippen LogP contribution in [0.15, 0.2) is 215 Å². The third-order valence-electron chi connectivity index (χ3n) is 12.3. The number of hydrogen-bond acceptors (Lipinski definition) is 5. The summed E-state index contributed by atoms with van der Waals surface area (Å²) in [6, 6.07) is 71.5. The van der Waals surface area contributed by atoms with Crippen LogP contribution in [0.3, 0.4) is 0 Å². The Balaban J connectivity index is 0.938. The van der Waals surface area contributed by atoms with Gasteiger partial charge in [0.05, 0.1) is 16.7 Å². The highest BCUT2D eigenvalue weighted by Crippen LogP contribution is 2.41. The third kappa shape index (κ3) is 5.69. The van der Waals surface area contributed by atoms with Gasteiger partial charge in [-0.2, -0.15) is 0 Å². The quantitative estimate of drug-likeness (QED) is 0.167. The van der Waals surface area contributed by atoms with Gasteiger partial charge >= 0.3 is 0 Å². The molecule has 0 N–H and O–H groups in total. The monoisotopic (exact) mass is 806 g/mol. The number of rotatable bonds is 6. The van der Waals surface area contributed by atoms with E-state index >= 15 is 0 Å². The SMILES string of the molecule is c1ccc(-c2cccc(-c3cccc4oc5cc(-c6nc(-c7ccccc7)nc(-c7ccc8c(c7)oc7c(-n9c%10ccccc%10c%10ccccc%109)cccc78)n6)ccc5c34)c2)cc1. The first kappa shape index (κ1) is 35.2. The summed E-state index contributed by atoms with van der Waals surface area (Å²) in [5.41, 5.74) is 13.6. The molecule has 13 aromatic rings. The summed E-state index contributed by atoms with van der Waals surface area (Å²) in [5, 5.41) is 6.59. The van der Waals surface area contributed by atoms with Crippen molar-refractivity contribution in [2.45, 2.75) is 0 Å². The van der Waals surface area contributed by atoms with Crippen molar-refractivity contribution in [3.05, 3.63) is 206 Å². The second kappa shape index (κ2) is 14.0. The second-order valence-electron chi connectivity index (χ2n) is 15.9. The van der Waals surface area contributed by atoms with Crippen LogP contribution >= 0.6 is 0 Å². The molecule has 6 nitrogen and oxygen atoms in total. The number of aromatic nitrogens is 4. The van der Waals surface area contributed by atoms with Gasteiger partial charge in [0.25, 0.3) is 0 Å². The lowest BCUT2D eigenvalue weighted by Crippen LogP contribution is -2.00. The van der Waals surface area contributed by atoms with Gasteiger partial charge in [0.15, 0.2) is 23.1 Å². The van der Waals surface area contributed by atoms with E-state index in [1.807, 2.05) is 48.5 Å². The van der Waals surface area contributed by atoms with Crippen molar-refractivity contribution >= 4 is 65.7 Å². The standard InChI is InChI=1S/C57H34N4O2/c1-3-14-35(15-4-1)37-18-11-19-38(32-37)41-22-13-27-50-53(41)46-31-29-40(34-52(46)62-50)57-59-55(36-16-5-2-6-17-36)58-56(60-57)39-28-30-44-45-23-12-26-49(54(45)63-51(44)33-39)61-47-24-9-7-20-42(47)43-21-8-10-25-48(43)61/h1-34H. The van der Waals surface area contributed by atoms with E-state index in [1.165, 1.54) is 21.9 Å². The van der Waals surface area contributed by atoms with E-state index in [-0.39, 0.29) is 0 Å². The van der Waals surface area contributed by atoms with E-state index in [4.69, 9.17) is 23.8 Å². The predicted molar refractivity (Wildman–Crippen MR) is 256 cm³/mol. The first-order valence-corrected chi connectivity index (χ1v) is 21.1. The van der Waals surface area contributed by atoms with Crippen molar-refractivity contribution in [1.82, 2.24) is 19.5 Å². The molecule has 0 aliphatic heterocycles. The fourth-order valence-electron chi connectivity index (χ4n) is 9.33. The van der Waals surface area contributed by atoms with Gasteiger partial charge in [0, 0.05) is 49.0 Å². The minimum Gasteiger partial charge on any atom is -0.456 e. The van der Waals surface area contributed by atoms with Crippen LogP contribution in [-0.4, -0.2) is 19.5 Å². The molecule has 4 aromatic heterocycles. The number of hydrogen-bond donors (Lipinski definition) is 0. The van der Waals surface area contributed by atoms with E-state index in [9.17, 15) is 0 Å². The molecule has 0 spiro atoms. The summed E-state index contributed by atoms with van der Waals surface area (Å²) in [5.74, 6) is 1.68. The van der Waals surface area contributed by atoms with E-state index in [1.54, 1.807) is 0 Å². The summed E-state index contributed by atoms with van der Waals surface area (Å²) in [4.78, 5) is 15.3. The smallest absolute Gasteiger partial charge is 0.164 e. The molecule has 0 aliphatic rings. The predicted octanol–water partition coefficient (Wildman–Crippen LogP) is 15.1. The van der Waals surface area contributed by atoms with Crippen LogP contribution in [0.5, 0.6) is 0 Å². The van der Waals surface area contributed by atoms with E-state index in [0.29, 0.717) is 17.5 Å². The molecule has 0 saturated carbocycles. The Kier molecular flexibility index (Phi) is 7.80. The first-order chi connectivity index (χ1) is 31.2. The van der Waals surface area contributed by atoms with Gasteiger partial charge in [-0.1, -0.05) is 152 Å². The van der Waals surface area contributed by atoms with Gasteiger partial charge in [0.2, 0.25) is 0 Å². The van der Waals surface area contributed by atoms with Crippen LogP contribution < -0.4 is 0 Å². The van der Waals surface area contributed by atoms with Crippen molar-refractivity contribution < 1.29 is 8.83 Å². The Morgan fingerprint density at radius 2 is 0.857 bits per heavy atom. The van der Waals surface area contributed by atoms with E-state index < -0.39 is 0 Å². The summed E-state index contributed by atoms with van der Waals surface area (Å²) in [6.07, 6.45) is 0. The molecule has 294 valence electrons. The van der Waals surface area contributed by atoms with Crippen molar-refractivity contribution in [3.63, 3.8) is 0 Å². The van der Waals surface area contributed by atoms with Crippen LogP contribution in [-0.2, 0) is 0 Å². The van der Waals surface area contributed by atoms with Crippen molar-refractivity contribution in [2.24, 2.45) is 0 Å². The van der Waals surface area contributed by atoms with Gasteiger partial charge in [-0.25, -0.2) is 15.0 Å². The average Bonchev–Trinajstić information content (AvgIpc) is 4.04. The Hall–Kier alpha value is -8.61. The molecule has 0 radical (unpaired) electrons. The molecule has 6 heteroatoms. The summed E-state index contributed by atoms with van der Waals surface area (Å²) in [7, 11) is 0. The number of furan rings is 2. The summed E-state index contributed by atoms with van der Waals surface area (Å²) in [6.45, 7) is 0. The molecule has 0 saturated heterocycles. The molecule has 0 bridgehead atoms. The van der Waals surface area contributed by atoms with Gasteiger partial charge in [-0.15, -0.1) is 0 Å². The Morgan fingerprint density at radius 3 is 1.57 bits per heavy atom. The number of nitrogens with zero attached hydrogens (tertiary/aromatic N) is 4. The van der Waals surface area contributed by atoms with Gasteiger partial charge < -0.3 is 13.4 Å². The molecule has 0 aliphatic carbocycles. The van der Waals surface area contributed by atoms with Crippen molar-refractivity contribution in [3.8, 4) is 62.1 Å². The van der Waals surface area contributed by atoms with Crippen LogP contribution in [0.2, 0.25) is 0 Å². The molecular formula is C57H34N4O2. The Bertz CT molecular complexity index is 3870. The maximum Gasteiger partial charge on any atom is 0.164 e. The topological polar surface area (TPSA) is 69.9 Å². The zero-order valence-corrected chi connectivity index (χ0v) is 33.7. The van der Waals surface area contributed by atoms with E-state index in [0.717, 1.165) is 88.4 Å². The average molecular weight is 807 g/mol. The molecule has 0 atom stereocenters. The zero-order valence-electron chi connectivity index (χ0n) is 33.7. The van der Waals surface area contributed by atoms with Crippen molar-refractivity contribution in [1.29, 1.82) is 0 Å². The summed E-state index contributed by atoms with van der Waals surface area (Å²) >= 11 is 0. The molecule has 4 heterocycles. The van der Waals surface area contributed by atoms with E-state index in [2.05, 4.69) is 162 Å². The van der Waals surface area contributed by atoms with Crippen LogP contribution in [0.4, 0.5) is 0 Å². The zero-order chi connectivity index (χ0) is 41.4. The maximum absolute atomic E-state index is 6.84.